The normalized spacial score (nSPS) is 11.7. The second kappa shape index (κ2) is 7.69. The maximum atomic E-state index is 12.6. The van der Waals surface area contributed by atoms with Crippen LogP contribution in [0.15, 0.2) is 48.5 Å². The van der Waals surface area contributed by atoms with Gasteiger partial charge in [-0.05, 0) is 49.2 Å². The van der Waals surface area contributed by atoms with Crippen LogP contribution in [0.2, 0.25) is 0 Å². The topological polar surface area (TPSA) is 75.6 Å². The van der Waals surface area contributed by atoms with E-state index in [9.17, 15) is 22.8 Å². The molecule has 2 aromatic carbocycles. The lowest BCUT2D eigenvalue weighted by Crippen LogP contribution is -2.34. The molecule has 27 heavy (non-hydrogen) atoms. The fourth-order valence-electron chi connectivity index (χ4n) is 2.37. The second-order valence-corrected chi connectivity index (χ2v) is 6.42. The van der Waals surface area contributed by atoms with Crippen molar-refractivity contribution in [2.24, 2.45) is 0 Å². The molecule has 2 rings (SSSR count). The Balaban J connectivity index is 2.09. The molecular weight excluding hydrogens is 363 g/mol. The predicted octanol–water partition coefficient (Wildman–Crippen LogP) is 4.13. The summed E-state index contributed by atoms with van der Waals surface area (Å²) in [6.07, 6.45) is -4.90. The zero-order valence-electron chi connectivity index (χ0n) is 14.6. The van der Waals surface area contributed by atoms with Crippen molar-refractivity contribution >= 4 is 17.6 Å². The number of hydrogen-bond donors (Lipinski definition) is 2. The number of benzene rings is 2. The first kappa shape index (κ1) is 20.3. The van der Waals surface area contributed by atoms with Crippen molar-refractivity contribution in [3.8, 4) is 5.75 Å². The molecule has 8 heteroatoms. The molecule has 2 aromatic rings. The Morgan fingerprint density at radius 3 is 2.04 bits per heavy atom. The number of carbonyl (C=O) groups is 2. The third-order valence-electron chi connectivity index (χ3n) is 3.94. The molecular formula is C19H18F3NO4. The van der Waals surface area contributed by atoms with Crippen LogP contribution in [0.3, 0.4) is 0 Å². The quantitative estimate of drug-likeness (QED) is 0.789. The lowest BCUT2D eigenvalue weighted by Gasteiger charge is -2.24. The minimum Gasteiger partial charge on any atom is -0.481 e. The first-order valence-electron chi connectivity index (χ1n) is 7.96. The second-order valence-electron chi connectivity index (χ2n) is 6.42. The molecule has 0 aliphatic carbocycles. The number of aliphatic carboxylic acids is 1. The van der Waals surface area contributed by atoms with Crippen molar-refractivity contribution in [3.05, 3.63) is 59.7 Å². The van der Waals surface area contributed by atoms with E-state index in [0.29, 0.717) is 16.8 Å². The number of hydrogen-bond acceptors (Lipinski definition) is 3. The van der Waals surface area contributed by atoms with Crippen LogP contribution in [0.25, 0.3) is 0 Å². The standard InChI is InChI=1S/C19H18F3NO4/c1-18(2,13-5-9-15(10-6-13)27-19(20,21)22)17(26)23-14-7-3-12(4-8-14)11-16(24)25/h3-10H,11H2,1-2H3,(H,23,26)(H,24,25). The predicted molar refractivity (Wildman–Crippen MR) is 92.6 cm³/mol. The summed E-state index contributed by atoms with van der Waals surface area (Å²) in [5, 5.41) is 11.5. The van der Waals surface area contributed by atoms with Crippen LogP contribution >= 0.6 is 0 Å². The Kier molecular flexibility index (Phi) is 5.78. The molecule has 0 atom stereocenters. The zero-order valence-corrected chi connectivity index (χ0v) is 14.6. The van der Waals surface area contributed by atoms with E-state index in [-0.39, 0.29) is 18.1 Å². The van der Waals surface area contributed by atoms with Gasteiger partial charge in [0.2, 0.25) is 5.91 Å². The van der Waals surface area contributed by atoms with E-state index < -0.39 is 17.7 Å². The highest BCUT2D eigenvalue weighted by Gasteiger charge is 2.32. The van der Waals surface area contributed by atoms with Gasteiger partial charge >= 0.3 is 12.3 Å². The van der Waals surface area contributed by atoms with E-state index in [1.165, 1.54) is 12.1 Å². The lowest BCUT2D eigenvalue weighted by atomic mass is 9.83. The number of carboxylic acid groups (broad SMARTS) is 1. The maximum absolute atomic E-state index is 12.6. The van der Waals surface area contributed by atoms with Crippen molar-refractivity contribution in [1.29, 1.82) is 0 Å². The molecule has 0 radical (unpaired) electrons. The summed E-state index contributed by atoms with van der Waals surface area (Å²) < 4.78 is 40.5. The van der Waals surface area contributed by atoms with Gasteiger partial charge in [0, 0.05) is 5.69 Å². The molecule has 2 N–H and O–H groups in total. The third-order valence-corrected chi connectivity index (χ3v) is 3.94. The van der Waals surface area contributed by atoms with E-state index in [1.807, 2.05) is 0 Å². The highest BCUT2D eigenvalue weighted by Crippen LogP contribution is 2.29. The maximum Gasteiger partial charge on any atom is 0.573 e. The summed E-state index contributed by atoms with van der Waals surface area (Å²) in [5.74, 6) is -1.68. The summed E-state index contributed by atoms with van der Waals surface area (Å²) in [5.41, 5.74) is 0.576. The number of carboxylic acids is 1. The van der Waals surface area contributed by atoms with Gasteiger partial charge in [-0.2, -0.15) is 0 Å². The fraction of sp³-hybridized carbons (Fsp3) is 0.263. The van der Waals surface area contributed by atoms with Gasteiger partial charge in [0.15, 0.2) is 0 Å². The highest BCUT2D eigenvalue weighted by atomic mass is 19.4. The Bertz CT molecular complexity index is 812. The molecule has 0 fully saturated rings. The number of anilines is 1. The number of halogens is 3. The molecule has 5 nitrogen and oxygen atoms in total. The Morgan fingerprint density at radius 2 is 1.56 bits per heavy atom. The average molecular weight is 381 g/mol. The largest absolute Gasteiger partial charge is 0.573 e. The molecule has 0 unspecified atom stereocenters. The van der Waals surface area contributed by atoms with Gasteiger partial charge in [0.05, 0.1) is 11.8 Å². The van der Waals surface area contributed by atoms with Crippen LogP contribution < -0.4 is 10.1 Å². The fourth-order valence-corrected chi connectivity index (χ4v) is 2.37. The van der Waals surface area contributed by atoms with Crippen molar-refractivity contribution in [2.75, 3.05) is 5.32 Å². The molecule has 1 amide bonds. The average Bonchev–Trinajstić information content (AvgIpc) is 2.55. The molecule has 0 spiro atoms. The van der Waals surface area contributed by atoms with E-state index in [1.54, 1.807) is 38.1 Å². The Morgan fingerprint density at radius 1 is 1.00 bits per heavy atom. The number of carbonyl (C=O) groups excluding carboxylic acids is 1. The van der Waals surface area contributed by atoms with Gasteiger partial charge in [0.1, 0.15) is 5.75 Å². The van der Waals surface area contributed by atoms with Gasteiger partial charge < -0.3 is 15.2 Å². The van der Waals surface area contributed by atoms with Crippen molar-refractivity contribution in [1.82, 2.24) is 0 Å². The summed E-state index contributed by atoms with van der Waals surface area (Å²) in [4.78, 5) is 23.3. The minimum absolute atomic E-state index is 0.119. The lowest BCUT2D eigenvalue weighted by molar-refractivity contribution is -0.274. The van der Waals surface area contributed by atoms with Crippen LogP contribution in [0, 0.1) is 0 Å². The van der Waals surface area contributed by atoms with E-state index in [4.69, 9.17) is 5.11 Å². The minimum atomic E-state index is -4.78. The number of ether oxygens (including phenoxy) is 1. The molecule has 0 saturated heterocycles. The van der Waals surface area contributed by atoms with Crippen molar-refractivity contribution in [3.63, 3.8) is 0 Å². The van der Waals surface area contributed by atoms with Crippen LogP contribution in [-0.2, 0) is 21.4 Å². The molecule has 0 bridgehead atoms. The number of amides is 1. The first-order chi connectivity index (χ1) is 12.5. The molecule has 0 aliphatic heterocycles. The van der Waals surface area contributed by atoms with Crippen molar-refractivity contribution < 1.29 is 32.6 Å². The third kappa shape index (κ3) is 5.73. The van der Waals surface area contributed by atoms with Crippen LogP contribution in [0.4, 0.5) is 18.9 Å². The molecule has 144 valence electrons. The summed E-state index contributed by atoms with van der Waals surface area (Å²) in [6.45, 7) is 3.28. The summed E-state index contributed by atoms with van der Waals surface area (Å²) in [6, 6.07) is 11.5. The van der Waals surface area contributed by atoms with E-state index in [2.05, 4.69) is 10.1 Å². The zero-order chi connectivity index (χ0) is 20.2. The van der Waals surface area contributed by atoms with E-state index in [0.717, 1.165) is 12.1 Å². The molecule has 0 heterocycles. The summed E-state index contributed by atoms with van der Waals surface area (Å²) in [7, 11) is 0. The monoisotopic (exact) mass is 381 g/mol. The van der Waals surface area contributed by atoms with Gasteiger partial charge in [-0.25, -0.2) is 0 Å². The molecule has 0 saturated carbocycles. The number of alkyl halides is 3. The van der Waals surface area contributed by atoms with Crippen LogP contribution in [-0.4, -0.2) is 23.3 Å². The molecule has 0 aromatic heterocycles. The summed E-state index contributed by atoms with van der Waals surface area (Å²) >= 11 is 0. The Labute approximate surface area is 153 Å². The van der Waals surface area contributed by atoms with Crippen molar-refractivity contribution in [2.45, 2.75) is 32.0 Å². The van der Waals surface area contributed by atoms with Gasteiger partial charge in [-0.1, -0.05) is 24.3 Å². The number of nitrogens with one attached hydrogen (secondary N) is 1. The number of rotatable bonds is 6. The van der Waals surface area contributed by atoms with Gasteiger partial charge in [0.25, 0.3) is 0 Å². The molecule has 0 aliphatic rings. The van der Waals surface area contributed by atoms with Gasteiger partial charge in [-0.3, -0.25) is 9.59 Å². The van der Waals surface area contributed by atoms with Crippen LogP contribution in [0.5, 0.6) is 5.75 Å². The highest BCUT2D eigenvalue weighted by molar-refractivity contribution is 5.98. The smallest absolute Gasteiger partial charge is 0.481 e. The first-order valence-corrected chi connectivity index (χ1v) is 7.96. The van der Waals surface area contributed by atoms with Gasteiger partial charge in [-0.15, -0.1) is 13.2 Å². The SMILES string of the molecule is CC(C)(C(=O)Nc1ccc(CC(=O)O)cc1)c1ccc(OC(F)(F)F)cc1. The van der Waals surface area contributed by atoms with E-state index >= 15 is 0 Å². The Hall–Kier alpha value is -3.03. The van der Waals surface area contributed by atoms with Crippen LogP contribution in [0.1, 0.15) is 25.0 Å².